The van der Waals surface area contributed by atoms with Crippen molar-refractivity contribution in [2.24, 2.45) is 0 Å². The van der Waals surface area contributed by atoms with Gasteiger partial charge in [0.05, 0.1) is 18.5 Å². The Morgan fingerprint density at radius 2 is 2.05 bits per heavy atom. The smallest absolute Gasteiger partial charge is 0.305 e. The van der Waals surface area contributed by atoms with E-state index in [4.69, 9.17) is 5.11 Å². The number of amides is 1. The van der Waals surface area contributed by atoms with Crippen molar-refractivity contribution in [1.82, 2.24) is 15.1 Å². The lowest BCUT2D eigenvalue weighted by atomic mass is 10.1. The first-order valence-corrected chi connectivity index (χ1v) is 6.38. The number of aliphatic carboxylic acids is 1. The molecule has 0 spiro atoms. The predicted molar refractivity (Wildman–Crippen MR) is 70.9 cm³/mol. The number of rotatable bonds is 6. The zero-order valence-corrected chi connectivity index (χ0v) is 11.9. The Bertz CT molecular complexity index is 448. The molecule has 0 aromatic carbocycles. The van der Waals surface area contributed by atoms with Crippen LogP contribution in [0.4, 0.5) is 0 Å². The summed E-state index contributed by atoms with van der Waals surface area (Å²) in [6.45, 7) is 7.84. The number of carboxylic acid groups (broad SMARTS) is 1. The lowest BCUT2D eigenvalue weighted by Gasteiger charge is -2.27. The van der Waals surface area contributed by atoms with Crippen molar-refractivity contribution < 1.29 is 14.7 Å². The van der Waals surface area contributed by atoms with Crippen LogP contribution in [0, 0.1) is 13.8 Å². The predicted octanol–water partition coefficient (Wildman–Crippen LogP) is 1.28. The second kappa shape index (κ2) is 6.36. The Labute approximate surface area is 112 Å². The fourth-order valence-corrected chi connectivity index (χ4v) is 2.18. The van der Waals surface area contributed by atoms with Gasteiger partial charge in [-0.05, 0) is 27.7 Å². The van der Waals surface area contributed by atoms with E-state index in [0.29, 0.717) is 6.54 Å². The van der Waals surface area contributed by atoms with Crippen LogP contribution in [-0.2, 0) is 16.0 Å². The summed E-state index contributed by atoms with van der Waals surface area (Å²) in [6.07, 6.45) is 0.217. The second-order valence-electron chi connectivity index (χ2n) is 4.72. The zero-order chi connectivity index (χ0) is 14.6. The summed E-state index contributed by atoms with van der Waals surface area (Å²) in [5, 5.41) is 15.7. The number of carbonyl (C=O) groups excluding carboxylic acids is 1. The molecule has 0 aliphatic carbocycles. The Kier molecular flexibility index (Phi) is 5.09. The Morgan fingerprint density at radius 3 is 2.47 bits per heavy atom. The van der Waals surface area contributed by atoms with Gasteiger partial charge in [-0.3, -0.25) is 14.7 Å². The van der Waals surface area contributed by atoms with Crippen LogP contribution in [0.25, 0.3) is 0 Å². The van der Waals surface area contributed by atoms with Crippen molar-refractivity contribution in [1.29, 1.82) is 0 Å². The van der Waals surface area contributed by atoms with E-state index in [2.05, 4.69) is 10.2 Å². The number of nitrogens with zero attached hydrogens (tertiary/aromatic N) is 2. The second-order valence-corrected chi connectivity index (χ2v) is 4.72. The SMILES string of the molecule is CCN(C(=O)Cc1c(C)n[nH]c1C)C(C)CC(=O)O. The monoisotopic (exact) mass is 267 g/mol. The van der Waals surface area contributed by atoms with Crippen LogP contribution in [0.5, 0.6) is 0 Å². The third-order valence-electron chi connectivity index (χ3n) is 3.27. The molecule has 1 rings (SSSR count). The number of aromatic amines is 1. The Morgan fingerprint density at radius 1 is 1.42 bits per heavy atom. The van der Waals surface area contributed by atoms with E-state index in [1.807, 2.05) is 20.8 Å². The summed E-state index contributed by atoms with van der Waals surface area (Å²) in [6, 6.07) is -0.303. The third-order valence-corrected chi connectivity index (χ3v) is 3.27. The largest absolute Gasteiger partial charge is 0.481 e. The molecule has 2 N–H and O–H groups in total. The van der Waals surface area contributed by atoms with Crippen LogP contribution in [0.15, 0.2) is 0 Å². The molecule has 6 heteroatoms. The van der Waals surface area contributed by atoms with Gasteiger partial charge >= 0.3 is 5.97 Å². The highest BCUT2D eigenvalue weighted by Crippen LogP contribution is 2.13. The maximum absolute atomic E-state index is 12.3. The Balaban J connectivity index is 2.77. The van der Waals surface area contributed by atoms with Gasteiger partial charge in [-0.2, -0.15) is 5.10 Å². The number of carbonyl (C=O) groups is 2. The van der Waals surface area contributed by atoms with E-state index >= 15 is 0 Å². The van der Waals surface area contributed by atoms with Crippen molar-refractivity contribution >= 4 is 11.9 Å². The first-order valence-electron chi connectivity index (χ1n) is 6.38. The fraction of sp³-hybridized carbons (Fsp3) is 0.615. The topological polar surface area (TPSA) is 86.3 Å². The van der Waals surface area contributed by atoms with Crippen molar-refractivity contribution in [3.05, 3.63) is 17.0 Å². The van der Waals surface area contributed by atoms with E-state index < -0.39 is 5.97 Å². The van der Waals surface area contributed by atoms with Crippen molar-refractivity contribution in [3.8, 4) is 0 Å². The van der Waals surface area contributed by atoms with Crippen LogP contribution in [0.2, 0.25) is 0 Å². The highest BCUT2D eigenvalue weighted by atomic mass is 16.4. The molecule has 0 radical (unpaired) electrons. The van der Waals surface area contributed by atoms with Crippen LogP contribution in [0.3, 0.4) is 0 Å². The molecule has 1 aromatic heterocycles. The maximum Gasteiger partial charge on any atom is 0.305 e. The quantitative estimate of drug-likeness (QED) is 0.813. The van der Waals surface area contributed by atoms with Gasteiger partial charge in [0.1, 0.15) is 0 Å². The number of likely N-dealkylation sites (N-methyl/N-ethyl adjacent to an activating group) is 1. The molecule has 6 nitrogen and oxygen atoms in total. The van der Waals surface area contributed by atoms with Gasteiger partial charge < -0.3 is 10.0 Å². The van der Waals surface area contributed by atoms with E-state index in [1.54, 1.807) is 11.8 Å². The number of aromatic nitrogens is 2. The van der Waals surface area contributed by atoms with Gasteiger partial charge in [0.15, 0.2) is 0 Å². The van der Waals surface area contributed by atoms with E-state index in [1.165, 1.54) is 0 Å². The van der Waals surface area contributed by atoms with Gasteiger partial charge in [0, 0.05) is 23.8 Å². The van der Waals surface area contributed by atoms with Crippen LogP contribution in [-0.4, -0.2) is 44.7 Å². The van der Waals surface area contributed by atoms with Crippen molar-refractivity contribution in [3.63, 3.8) is 0 Å². The standard InChI is InChI=1S/C13H21N3O3/c1-5-16(8(2)6-13(18)19)12(17)7-11-9(3)14-15-10(11)4/h8H,5-7H2,1-4H3,(H,14,15)(H,18,19). The molecule has 0 aliphatic rings. The van der Waals surface area contributed by atoms with E-state index in [-0.39, 0.29) is 24.8 Å². The van der Waals surface area contributed by atoms with Crippen LogP contribution >= 0.6 is 0 Å². The summed E-state index contributed by atoms with van der Waals surface area (Å²) in [5.74, 6) is -0.960. The molecule has 0 saturated carbocycles. The number of nitrogens with one attached hydrogen (secondary N) is 1. The summed E-state index contributed by atoms with van der Waals surface area (Å²) < 4.78 is 0. The van der Waals surface area contributed by atoms with Crippen LogP contribution in [0.1, 0.15) is 37.2 Å². The van der Waals surface area contributed by atoms with Crippen molar-refractivity contribution in [2.45, 2.75) is 46.6 Å². The molecule has 1 atom stereocenters. The highest BCUT2D eigenvalue weighted by molar-refractivity contribution is 5.80. The number of aryl methyl sites for hydroxylation is 2. The molecular formula is C13H21N3O3. The summed E-state index contributed by atoms with van der Waals surface area (Å²) in [4.78, 5) is 24.6. The van der Waals surface area contributed by atoms with E-state index in [0.717, 1.165) is 17.0 Å². The van der Waals surface area contributed by atoms with Gasteiger partial charge in [0.2, 0.25) is 5.91 Å². The number of H-pyrrole nitrogens is 1. The molecule has 0 bridgehead atoms. The van der Waals surface area contributed by atoms with Gasteiger partial charge in [-0.25, -0.2) is 0 Å². The molecule has 0 saturated heterocycles. The first kappa shape index (κ1) is 15.2. The normalized spacial score (nSPS) is 12.2. The molecule has 106 valence electrons. The lowest BCUT2D eigenvalue weighted by Crippen LogP contribution is -2.40. The highest BCUT2D eigenvalue weighted by Gasteiger charge is 2.22. The molecule has 1 unspecified atom stereocenters. The van der Waals surface area contributed by atoms with Crippen LogP contribution < -0.4 is 0 Å². The minimum Gasteiger partial charge on any atom is -0.481 e. The molecule has 19 heavy (non-hydrogen) atoms. The molecule has 1 heterocycles. The number of hydrogen-bond donors (Lipinski definition) is 2. The Hall–Kier alpha value is -1.85. The molecule has 0 fully saturated rings. The molecule has 1 aromatic rings. The average Bonchev–Trinajstić information content (AvgIpc) is 2.60. The minimum atomic E-state index is -0.894. The summed E-state index contributed by atoms with van der Waals surface area (Å²) in [7, 11) is 0. The van der Waals surface area contributed by atoms with Gasteiger partial charge in [0.25, 0.3) is 0 Å². The van der Waals surface area contributed by atoms with Gasteiger partial charge in [-0.15, -0.1) is 0 Å². The average molecular weight is 267 g/mol. The first-order chi connectivity index (χ1) is 8.86. The van der Waals surface area contributed by atoms with Crippen molar-refractivity contribution in [2.75, 3.05) is 6.54 Å². The minimum absolute atomic E-state index is 0.0388. The molecule has 1 amide bonds. The third kappa shape index (κ3) is 3.81. The van der Waals surface area contributed by atoms with E-state index in [9.17, 15) is 9.59 Å². The number of carboxylic acids is 1. The zero-order valence-electron chi connectivity index (χ0n) is 11.9. The van der Waals surface area contributed by atoms with Gasteiger partial charge in [-0.1, -0.05) is 0 Å². The maximum atomic E-state index is 12.3. The number of hydrogen-bond acceptors (Lipinski definition) is 3. The lowest BCUT2D eigenvalue weighted by molar-refractivity contribution is -0.140. The fourth-order valence-electron chi connectivity index (χ4n) is 2.18. The molecular weight excluding hydrogens is 246 g/mol. The summed E-state index contributed by atoms with van der Waals surface area (Å²) >= 11 is 0. The molecule has 0 aliphatic heterocycles. The summed E-state index contributed by atoms with van der Waals surface area (Å²) in [5.41, 5.74) is 2.59.